The number of fused-ring (bicyclic) bond motifs is 2. The molecule has 0 saturated heterocycles. The summed E-state index contributed by atoms with van der Waals surface area (Å²) in [5.74, 6) is 0.151. The molecule has 2 N–H and O–H groups in total. The van der Waals surface area contributed by atoms with Crippen LogP contribution in [0.2, 0.25) is 0 Å². The second-order valence-electron chi connectivity index (χ2n) is 11.2. The first-order valence-corrected chi connectivity index (χ1v) is 17.4. The monoisotopic (exact) mass is 642 g/mol. The summed E-state index contributed by atoms with van der Waals surface area (Å²) in [4.78, 5) is 37.8. The Balaban J connectivity index is 1.17. The van der Waals surface area contributed by atoms with Crippen LogP contribution in [0.4, 0.5) is 0 Å². The van der Waals surface area contributed by atoms with Crippen LogP contribution in [0.3, 0.4) is 0 Å². The maximum atomic E-state index is 13.3. The van der Waals surface area contributed by atoms with Crippen LogP contribution in [0.1, 0.15) is 57.5 Å². The molecule has 230 valence electrons. The van der Waals surface area contributed by atoms with Crippen molar-refractivity contribution in [1.29, 1.82) is 0 Å². The highest BCUT2D eigenvalue weighted by Crippen LogP contribution is 2.43. The highest BCUT2D eigenvalue weighted by molar-refractivity contribution is 8.76. The molecule has 0 radical (unpaired) electrons. The lowest BCUT2D eigenvalue weighted by atomic mass is 10.0. The van der Waals surface area contributed by atoms with Crippen molar-refractivity contribution in [2.24, 2.45) is 0 Å². The van der Waals surface area contributed by atoms with Crippen LogP contribution >= 0.6 is 21.6 Å². The van der Waals surface area contributed by atoms with E-state index in [1.807, 2.05) is 84.9 Å². The van der Waals surface area contributed by atoms with E-state index in [9.17, 15) is 9.59 Å². The summed E-state index contributed by atoms with van der Waals surface area (Å²) in [5.41, 5.74) is 5.11. The van der Waals surface area contributed by atoms with Gasteiger partial charge in [0.15, 0.2) is 0 Å². The molecule has 0 fully saturated rings. The molecule has 0 aliphatic rings. The van der Waals surface area contributed by atoms with E-state index in [-0.39, 0.29) is 23.7 Å². The van der Waals surface area contributed by atoms with Gasteiger partial charge in [-0.05, 0) is 59.4 Å². The number of rotatable bonds is 11. The van der Waals surface area contributed by atoms with Crippen LogP contribution in [0.15, 0.2) is 131 Å². The molecule has 6 rings (SSSR count). The van der Waals surface area contributed by atoms with Gasteiger partial charge >= 0.3 is 0 Å². The molecule has 2 heterocycles. The molecule has 0 aliphatic carbocycles. The van der Waals surface area contributed by atoms with Gasteiger partial charge < -0.3 is 10.6 Å². The van der Waals surface area contributed by atoms with E-state index in [4.69, 9.17) is 0 Å². The highest BCUT2D eigenvalue weighted by Gasteiger charge is 2.18. The summed E-state index contributed by atoms with van der Waals surface area (Å²) >= 11 is 0. The molecule has 8 heteroatoms. The largest absolute Gasteiger partial charge is 0.351 e. The second-order valence-corrected chi connectivity index (χ2v) is 13.4. The Hall–Kier alpha value is -4.66. The molecule has 46 heavy (non-hydrogen) atoms. The fourth-order valence-corrected chi connectivity index (χ4v) is 7.65. The van der Waals surface area contributed by atoms with Gasteiger partial charge in [-0.1, -0.05) is 108 Å². The number of benzene rings is 4. The van der Waals surface area contributed by atoms with E-state index >= 15 is 0 Å². The number of hydrogen-bond acceptors (Lipinski definition) is 6. The lowest BCUT2D eigenvalue weighted by molar-refractivity contribution is 0.0945. The van der Waals surface area contributed by atoms with Crippen molar-refractivity contribution < 1.29 is 9.59 Å². The zero-order valence-electron chi connectivity index (χ0n) is 25.6. The van der Waals surface area contributed by atoms with Gasteiger partial charge in [-0.3, -0.25) is 19.6 Å². The summed E-state index contributed by atoms with van der Waals surface area (Å²) < 4.78 is 0. The first-order valence-electron chi connectivity index (χ1n) is 15.3. The zero-order valence-corrected chi connectivity index (χ0v) is 27.3. The minimum atomic E-state index is -0.118. The van der Waals surface area contributed by atoms with Gasteiger partial charge in [-0.25, -0.2) is 0 Å². The van der Waals surface area contributed by atoms with Crippen LogP contribution in [-0.2, 0) is 0 Å². The summed E-state index contributed by atoms with van der Waals surface area (Å²) in [5, 5.41) is 7.82. The van der Waals surface area contributed by atoms with Crippen LogP contribution in [-0.4, -0.2) is 34.9 Å². The molecule has 0 aliphatic heterocycles. The minimum absolute atomic E-state index is 0.118. The normalized spacial score (nSPS) is 12.5. The average molecular weight is 643 g/mol. The Kier molecular flexibility index (Phi) is 9.96. The van der Waals surface area contributed by atoms with Crippen LogP contribution in [0.5, 0.6) is 0 Å². The molecule has 0 spiro atoms. The third kappa shape index (κ3) is 7.09. The lowest BCUT2D eigenvalue weighted by Gasteiger charge is -2.15. The lowest BCUT2D eigenvalue weighted by Crippen LogP contribution is -2.27. The van der Waals surface area contributed by atoms with Crippen molar-refractivity contribution in [3.63, 3.8) is 0 Å². The van der Waals surface area contributed by atoms with Gasteiger partial charge in [-0.15, -0.1) is 0 Å². The van der Waals surface area contributed by atoms with E-state index < -0.39 is 0 Å². The predicted molar refractivity (Wildman–Crippen MR) is 190 cm³/mol. The molecular weight excluding hydrogens is 609 g/mol. The number of carbonyl (C=O) groups is 2. The summed E-state index contributed by atoms with van der Waals surface area (Å²) in [6.07, 6.45) is 3.50. The maximum absolute atomic E-state index is 13.3. The van der Waals surface area contributed by atoms with E-state index in [1.165, 1.54) is 11.1 Å². The quantitative estimate of drug-likeness (QED) is 0.138. The molecule has 4 aromatic carbocycles. The van der Waals surface area contributed by atoms with Gasteiger partial charge in [0.05, 0.1) is 11.0 Å². The van der Waals surface area contributed by atoms with E-state index in [1.54, 1.807) is 34.0 Å². The Morgan fingerprint density at radius 3 is 1.39 bits per heavy atom. The molecule has 0 bridgehead atoms. The van der Waals surface area contributed by atoms with Gasteiger partial charge in [0.25, 0.3) is 11.8 Å². The standard InChI is InChI=1S/C38H34N4O2S2/c1-25(27-11-5-3-6-12-27)23-41-37(43)31-17-19-33(35-29(31)15-9-21-39-35)45-46-34-20-18-32(30-16-10-22-40-36(30)34)38(44)42-24-26(2)28-13-7-4-8-14-28/h3-22,25-26H,23-24H2,1-2H3,(H,41,43)(H,42,44). The predicted octanol–water partition coefficient (Wildman–Crippen LogP) is 8.65. The van der Waals surface area contributed by atoms with Gasteiger partial charge in [0, 0.05) is 57.2 Å². The Morgan fingerprint density at radius 2 is 0.978 bits per heavy atom. The molecule has 6 nitrogen and oxygen atoms in total. The first-order chi connectivity index (χ1) is 22.5. The first kappa shape index (κ1) is 31.3. The molecule has 2 aromatic heterocycles. The summed E-state index contributed by atoms with van der Waals surface area (Å²) in [6, 6.07) is 35.6. The number of pyridine rings is 2. The smallest absolute Gasteiger partial charge is 0.251 e. The van der Waals surface area contributed by atoms with Crippen molar-refractivity contribution >= 4 is 55.2 Å². The number of carbonyl (C=O) groups excluding carboxylic acids is 2. The Morgan fingerprint density at radius 1 is 0.565 bits per heavy atom. The van der Waals surface area contributed by atoms with E-state index in [0.29, 0.717) is 24.2 Å². The molecule has 6 aromatic rings. The zero-order chi connectivity index (χ0) is 31.9. The number of nitrogens with one attached hydrogen (secondary N) is 2. The topological polar surface area (TPSA) is 84.0 Å². The maximum Gasteiger partial charge on any atom is 0.251 e. The van der Waals surface area contributed by atoms with Gasteiger partial charge in [0.2, 0.25) is 0 Å². The van der Waals surface area contributed by atoms with Crippen molar-refractivity contribution in [1.82, 2.24) is 20.6 Å². The van der Waals surface area contributed by atoms with Crippen molar-refractivity contribution in [3.05, 3.63) is 144 Å². The van der Waals surface area contributed by atoms with Crippen molar-refractivity contribution in [2.45, 2.75) is 35.5 Å². The molecular formula is C38H34N4O2S2. The molecule has 2 unspecified atom stereocenters. The fourth-order valence-electron chi connectivity index (χ4n) is 5.39. The second kappa shape index (κ2) is 14.6. The number of aromatic nitrogens is 2. The van der Waals surface area contributed by atoms with E-state index in [0.717, 1.165) is 31.6 Å². The molecule has 2 amide bonds. The van der Waals surface area contributed by atoms with Crippen molar-refractivity contribution in [3.8, 4) is 0 Å². The van der Waals surface area contributed by atoms with Crippen LogP contribution < -0.4 is 10.6 Å². The Labute approximate surface area is 276 Å². The summed E-state index contributed by atoms with van der Waals surface area (Å²) in [6.45, 7) is 5.29. The molecule has 0 saturated carbocycles. The van der Waals surface area contributed by atoms with Gasteiger partial charge in [-0.2, -0.15) is 0 Å². The third-order valence-corrected chi connectivity index (χ3v) is 10.5. The number of nitrogens with zero attached hydrogens (tertiary/aromatic N) is 2. The number of amides is 2. The van der Waals surface area contributed by atoms with E-state index in [2.05, 4.69) is 58.7 Å². The van der Waals surface area contributed by atoms with Crippen molar-refractivity contribution in [2.75, 3.05) is 13.1 Å². The summed E-state index contributed by atoms with van der Waals surface area (Å²) in [7, 11) is 3.12. The highest BCUT2D eigenvalue weighted by atomic mass is 33.1. The van der Waals surface area contributed by atoms with Gasteiger partial charge in [0.1, 0.15) is 0 Å². The van der Waals surface area contributed by atoms with Crippen LogP contribution in [0.25, 0.3) is 21.8 Å². The molecule has 2 atom stereocenters. The minimum Gasteiger partial charge on any atom is -0.351 e. The number of hydrogen-bond donors (Lipinski definition) is 2. The average Bonchev–Trinajstić information content (AvgIpc) is 3.12. The Bertz CT molecular complexity index is 1840. The van der Waals surface area contributed by atoms with Crippen LogP contribution in [0, 0.1) is 0 Å². The fraction of sp³-hybridized carbons (Fsp3) is 0.158. The third-order valence-electron chi connectivity index (χ3n) is 8.05. The SMILES string of the molecule is CC(CNC(=O)c1ccc(SSc2ccc(C(=O)NCC(C)c3ccccc3)c3cccnc23)c2ncccc12)c1ccccc1.